The van der Waals surface area contributed by atoms with Crippen LogP contribution in [0.2, 0.25) is 5.02 Å². The summed E-state index contributed by atoms with van der Waals surface area (Å²) in [5, 5.41) is 9.00. The molecule has 0 bridgehead atoms. The van der Waals surface area contributed by atoms with Crippen LogP contribution in [0.1, 0.15) is 18.9 Å². The lowest BCUT2D eigenvalue weighted by Gasteiger charge is -2.25. The molecule has 0 spiro atoms. The van der Waals surface area contributed by atoms with Gasteiger partial charge >= 0.3 is 12.1 Å². The highest BCUT2D eigenvalue weighted by Crippen LogP contribution is 2.36. The molecule has 0 saturated carbocycles. The molecule has 1 aromatic rings. The Labute approximate surface area is 118 Å². The maximum Gasteiger partial charge on any atom is 0.417 e. The van der Waals surface area contributed by atoms with Crippen molar-refractivity contribution in [1.29, 1.82) is 0 Å². The number of carbonyl (C=O) groups is 1. The number of aliphatic carboxylic acids is 1. The molecule has 0 aliphatic carbocycles. The molecular formula is C12H12ClF3N2O2. The minimum absolute atomic E-state index is 0.0800. The average molecular weight is 309 g/mol. The van der Waals surface area contributed by atoms with E-state index in [-0.39, 0.29) is 16.8 Å². The van der Waals surface area contributed by atoms with Gasteiger partial charge in [-0.25, -0.2) is 9.78 Å². The molecule has 1 saturated heterocycles. The summed E-state index contributed by atoms with van der Waals surface area (Å²) < 4.78 is 37.6. The van der Waals surface area contributed by atoms with Gasteiger partial charge in [-0.2, -0.15) is 13.2 Å². The Kier molecular flexibility index (Phi) is 3.82. The van der Waals surface area contributed by atoms with Crippen molar-refractivity contribution in [3.05, 3.63) is 22.8 Å². The number of anilines is 1. The van der Waals surface area contributed by atoms with E-state index in [2.05, 4.69) is 4.98 Å². The number of rotatable bonds is 2. The first-order chi connectivity index (χ1) is 9.21. The van der Waals surface area contributed by atoms with Crippen LogP contribution in [-0.4, -0.2) is 28.6 Å². The topological polar surface area (TPSA) is 53.4 Å². The average Bonchev–Trinajstić information content (AvgIpc) is 2.69. The van der Waals surface area contributed by atoms with Crippen molar-refractivity contribution in [2.24, 2.45) is 5.92 Å². The zero-order valence-electron chi connectivity index (χ0n) is 10.5. The molecule has 2 rings (SSSR count). The quantitative estimate of drug-likeness (QED) is 0.912. The smallest absolute Gasteiger partial charge is 0.417 e. The number of alkyl halides is 3. The maximum atomic E-state index is 12.5. The van der Waals surface area contributed by atoms with Gasteiger partial charge in [-0.1, -0.05) is 18.5 Å². The molecule has 0 aromatic carbocycles. The highest BCUT2D eigenvalue weighted by molar-refractivity contribution is 6.33. The number of hydrogen-bond donors (Lipinski definition) is 1. The molecule has 1 aromatic heterocycles. The Hall–Kier alpha value is -1.50. The molecule has 8 heteroatoms. The SMILES string of the molecule is CC1CCN(c2ncc(C(F)(F)F)cc2Cl)C1C(=O)O. The fourth-order valence-electron chi connectivity index (χ4n) is 2.36. The molecule has 0 amide bonds. The third-order valence-electron chi connectivity index (χ3n) is 3.37. The molecule has 20 heavy (non-hydrogen) atoms. The molecule has 0 radical (unpaired) electrons. The van der Waals surface area contributed by atoms with E-state index < -0.39 is 23.8 Å². The Bertz CT molecular complexity index is 536. The van der Waals surface area contributed by atoms with Crippen molar-refractivity contribution in [2.45, 2.75) is 25.6 Å². The van der Waals surface area contributed by atoms with Crippen LogP contribution in [0.5, 0.6) is 0 Å². The lowest BCUT2D eigenvalue weighted by Crippen LogP contribution is -2.39. The first-order valence-corrected chi connectivity index (χ1v) is 6.32. The molecule has 1 aliphatic rings. The molecule has 2 atom stereocenters. The number of nitrogens with zero attached hydrogens (tertiary/aromatic N) is 2. The highest BCUT2D eigenvalue weighted by atomic mass is 35.5. The Morgan fingerprint density at radius 3 is 2.70 bits per heavy atom. The first kappa shape index (κ1) is 14.9. The van der Waals surface area contributed by atoms with Crippen LogP contribution in [0.3, 0.4) is 0 Å². The number of halogens is 4. The summed E-state index contributed by atoms with van der Waals surface area (Å²) in [6.07, 6.45) is -3.24. The van der Waals surface area contributed by atoms with Gasteiger partial charge in [0.1, 0.15) is 11.9 Å². The summed E-state index contributed by atoms with van der Waals surface area (Å²) >= 11 is 5.84. The van der Waals surface area contributed by atoms with Crippen molar-refractivity contribution >= 4 is 23.4 Å². The molecule has 1 fully saturated rings. The predicted octanol–water partition coefficient (Wildman–Crippen LogP) is 3.05. The van der Waals surface area contributed by atoms with Gasteiger partial charge in [-0.3, -0.25) is 0 Å². The van der Waals surface area contributed by atoms with Gasteiger partial charge in [0.15, 0.2) is 0 Å². The Balaban J connectivity index is 2.36. The van der Waals surface area contributed by atoms with Crippen molar-refractivity contribution < 1.29 is 23.1 Å². The standard InChI is InChI=1S/C12H12ClF3N2O2/c1-6-2-3-18(9(6)11(19)20)10-8(13)4-7(5-17-10)12(14,15)16/h4-6,9H,2-3H2,1H3,(H,19,20). The predicted molar refractivity (Wildman–Crippen MR) is 66.8 cm³/mol. The van der Waals surface area contributed by atoms with Crippen LogP contribution in [-0.2, 0) is 11.0 Å². The summed E-state index contributed by atoms with van der Waals surface area (Å²) in [7, 11) is 0. The maximum absolute atomic E-state index is 12.5. The fraction of sp³-hybridized carbons (Fsp3) is 0.500. The van der Waals surface area contributed by atoms with Crippen LogP contribution in [0.15, 0.2) is 12.3 Å². The van der Waals surface area contributed by atoms with Gasteiger partial charge < -0.3 is 10.0 Å². The minimum atomic E-state index is -4.53. The van der Waals surface area contributed by atoms with Crippen molar-refractivity contribution in [2.75, 3.05) is 11.4 Å². The van der Waals surface area contributed by atoms with Crippen molar-refractivity contribution in [3.63, 3.8) is 0 Å². The van der Waals surface area contributed by atoms with E-state index in [1.165, 1.54) is 4.90 Å². The molecule has 1 N–H and O–H groups in total. The molecule has 110 valence electrons. The zero-order chi connectivity index (χ0) is 15.1. The molecule has 4 nitrogen and oxygen atoms in total. The first-order valence-electron chi connectivity index (χ1n) is 5.94. The van der Waals surface area contributed by atoms with Crippen LogP contribution < -0.4 is 4.90 Å². The molecule has 2 unspecified atom stereocenters. The summed E-state index contributed by atoms with van der Waals surface area (Å²) in [5.41, 5.74) is -0.953. The number of pyridine rings is 1. The summed E-state index contributed by atoms with van der Waals surface area (Å²) in [4.78, 5) is 16.4. The molecule has 2 heterocycles. The Morgan fingerprint density at radius 1 is 1.55 bits per heavy atom. The number of hydrogen-bond acceptors (Lipinski definition) is 3. The number of aromatic nitrogens is 1. The van der Waals surface area contributed by atoms with E-state index in [1.807, 2.05) is 0 Å². The van der Waals surface area contributed by atoms with Crippen molar-refractivity contribution in [3.8, 4) is 0 Å². The van der Waals surface area contributed by atoms with Gasteiger partial charge in [-0.15, -0.1) is 0 Å². The second-order valence-electron chi connectivity index (χ2n) is 4.77. The minimum Gasteiger partial charge on any atom is -0.480 e. The van der Waals surface area contributed by atoms with E-state index in [1.54, 1.807) is 6.92 Å². The second kappa shape index (κ2) is 5.12. The third-order valence-corrected chi connectivity index (χ3v) is 3.65. The van der Waals surface area contributed by atoms with Gasteiger partial charge in [0.05, 0.1) is 10.6 Å². The van der Waals surface area contributed by atoms with Gasteiger partial charge in [-0.05, 0) is 18.4 Å². The van der Waals surface area contributed by atoms with Crippen LogP contribution >= 0.6 is 11.6 Å². The van der Waals surface area contributed by atoms with Crippen molar-refractivity contribution in [1.82, 2.24) is 4.98 Å². The van der Waals surface area contributed by atoms with E-state index in [0.29, 0.717) is 19.2 Å². The molecule has 1 aliphatic heterocycles. The fourth-order valence-corrected chi connectivity index (χ4v) is 2.63. The van der Waals surface area contributed by atoms with E-state index in [4.69, 9.17) is 11.6 Å². The zero-order valence-corrected chi connectivity index (χ0v) is 11.2. The lowest BCUT2D eigenvalue weighted by molar-refractivity contribution is -0.139. The third kappa shape index (κ3) is 2.67. The van der Waals surface area contributed by atoms with Crippen LogP contribution in [0.4, 0.5) is 19.0 Å². The summed E-state index contributed by atoms with van der Waals surface area (Å²) in [6.45, 7) is 2.17. The normalized spacial score (nSPS) is 23.1. The summed E-state index contributed by atoms with van der Waals surface area (Å²) in [5.74, 6) is -1.07. The number of carboxylic acids is 1. The highest BCUT2D eigenvalue weighted by Gasteiger charge is 2.39. The monoisotopic (exact) mass is 308 g/mol. The largest absolute Gasteiger partial charge is 0.480 e. The van der Waals surface area contributed by atoms with E-state index >= 15 is 0 Å². The van der Waals surface area contributed by atoms with E-state index in [0.717, 1.165) is 6.07 Å². The lowest BCUT2D eigenvalue weighted by atomic mass is 10.0. The summed E-state index contributed by atoms with van der Waals surface area (Å²) in [6, 6.07) is -0.0528. The van der Waals surface area contributed by atoms with Crippen LogP contribution in [0.25, 0.3) is 0 Å². The van der Waals surface area contributed by atoms with Crippen LogP contribution in [0, 0.1) is 5.92 Å². The molecular weight excluding hydrogens is 297 g/mol. The number of carboxylic acid groups (broad SMARTS) is 1. The van der Waals surface area contributed by atoms with Gasteiger partial charge in [0.2, 0.25) is 0 Å². The second-order valence-corrected chi connectivity index (χ2v) is 5.18. The van der Waals surface area contributed by atoms with Gasteiger partial charge in [0.25, 0.3) is 0 Å². The van der Waals surface area contributed by atoms with Gasteiger partial charge in [0, 0.05) is 12.7 Å². The Morgan fingerprint density at radius 2 is 2.20 bits per heavy atom. The van der Waals surface area contributed by atoms with E-state index in [9.17, 15) is 23.1 Å².